The summed E-state index contributed by atoms with van der Waals surface area (Å²) < 4.78 is 5.26. The zero-order chi connectivity index (χ0) is 10.2. The van der Waals surface area contributed by atoms with E-state index in [9.17, 15) is 4.79 Å². The Bertz CT molecular complexity index is 173. The highest BCUT2D eigenvalue weighted by Gasteiger charge is 2.22. The first-order valence-corrected chi connectivity index (χ1v) is 5.44. The smallest absolute Gasteiger partial charge is 0.249 e. The van der Waals surface area contributed by atoms with Crippen LogP contribution in [0.3, 0.4) is 0 Å². The predicted octanol–water partition coefficient (Wildman–Crippen LogP) is 0.703. The predicted molar refractivity (Wildman–Crippen MR) is 62.4 cm³/mol. The molecule has 0 bridgehead atoms. The first-order valence-electron chi connectivity index (χ1n) is 5.44. The van der Waals surface area contributed by atoms with Gasteiger partial charge in [0.1, 0.15) is 6.10 Å². The van der Waals surface area contributed by atoms with E-state index in [4.69, 9.17) is 4.74 Å². The monoisotopic (exact) mass is 236 g/mol. The van der Waals surface area contributed by atoms with Gasteiger partial charge in [-0.3, -0.25) is 4.79 Å². The van der Waals surface area contributed by atoms with Crippen molar-refractivity contribution in [3.63, 3.8) is 0 Å². The minimum Gasteiger partial charge on any atom is -0.368 e. The Morgan fingerprint density at radius 1 is 1.40 bits per heavy atom. The third-order valence-corrected chi connectivity index (χ3v) is 2.25. The van der Waals surface area contributed by atoms with Gasteiger partial charge < -0.3 is 15.4 Å². The standard InChI is InChI=1S/C10H20N2O2.ClH/c1-2-5-11-6-7-12-10(13)9-4-3-8-14-9;/h9,11H,2-8H2,1H3,(H,12,13);1H/t9-;/m0./s1. The summed E-state index contributed by atoms with van der Waals surface area (Å²) in [5.74, 6) is 0.0424. The van der Waals surface area contributed by atoms with E-state index in [1.807, 2.05) is 0 Å². The lowest BCUT2D eigenvalue weighted by molar-refractivity contribution is -0.129. The molecule has 0 aromatic heterocycles. The summed E-state index contributed by atoms with van der Waals surface area (Å²) in [6, 6.07) is 0. The Morgan fingerprint density at radius 3 is 2.80 bits per heavy atom. The van der Waals surface area contributed by atoms with Gasteiger partial charge in [-0.25, -0.2) is 0 Å². The Hall–Kier alpha value is -0.320. The summed E-state index contributed by atoms with van der Waals surface area (Å²) in [4.78, 5) is 11.4. The molecule has 4 nitrogen and oxygen atoms in total. The maximum Gasteiger partial charge on any atom is 0.249 e. The first-order chi connectivity index (χ1) is 6.84. The second kappa shape index (κ2) is 8.95. The second-order valence-electron chi connectivity index (χ2n) is 3.54. The molecule has 0 aromatic rings. The Labute approximate surface area is 97.5 Å². The summed E-state index contributed by atoms with van der Waals surface area (Å²) in [5.41, 5.74) is 0. The van der Waals surface area contributed by atoms with Gasteiger partial charge in [-0.1, -0.05) is 6.92 Å². The van der Waals surface area contributed by atoms with Gasteiger partial charge in [-0.05, 0) is 25.8 Å². The van der Waals surface area contributed by atoms with Gasteiger partial charge in [0.05, 0.1) is 0 Å². The Balaban J connectivity index is 0.00000196. The maximum atomic E-state index is 11.4. The lowest BCUT2D eigenvalue weighted by Gasteiger charge is -2.10. The molecule has 1 heterocycles. The van der Waals surface area contributed by atoms with Crippen LogP contribution >= 0.6 is 12.4 Å². The van der Waals surface area contributed by atoms with E-state index in [1.54, 1.807) is 0 Å². The molecular weight excluding hydrogens is 216 g/mol. The van der Waals surface area contributed by atoms with E-state index in [-0.39, 0.29) is 24.4 Å². The lowest BCUT2D eigenvalue weighted by atomic mass is 10.2. The lowest BCUT2D eigenvalue weighted by Crippen LogP contribution is -2.38. The number of ether oxygens (including phenoxy) is 1. The number of carbonyl (C=O) groups excluding carboxylic acids is 1. The third kappa shape index (κ3) is 5.97. The fourth-order valence-corrected chi connectivity index (χ4v) is 1.47. The Kier molecular flexibility index (Phi) is 8.76. The number of rotatable bonds is 6. The van der Waals surface area contributed by atoms with Gasteiger partial charge in [-0.15, -0.1) is 12.4 Å². The molecule has 0 spiro atoms. The zero-order valence-corrected chi connectivity index (χ0v) is 10.1. The van der Waals surface area contributed by atoms with E-state index in [0.717, 1.165) is 39.0 Å². The minimum atomic E-state index is -0.193. The molecule has 0 aromatic carbocycles. The normalized spacial score (nSPS) is 19.7. The van der Waals surface area contributed by atoms with Crippen molar-refractivity contribution in [3.05, 3.63) is 0 Å². The van der Waals surface area contributed by atoms with Gasteiger partial charge in [0, 0.05) is 19.7 Å². The van der Waals surface area contributed by atoms with Crippen LogP contribution in [0.25, 0.3) is 0 Å². The minimum absolute atomic E-state index is 0. The van der Waals surface area contributed by atoms with Crippen LogP contribution in [0.15, 0.2) is 0 Å². The molecule has 1 rings (SSSR count). The topological polar surface area (TPSA) is 50.4 Å². The maximum absolute atomic E-state index is 11.4. The molecule has 1 aliphatic heterocycles. The van der Waals surface area contributed by atoms with Crippen molar-refractivity contribution in [1.29, 1.82) is 0 Å². The van der Waals surface area contributed by atoms with E-state index >= 15 is 0 Å². The highest BCUT2D eigenvalue weighted by molar-refractivity contribution is 5.85. The van der Waals surface area contributed by atoms with Gasteiger partial charge >= 0.3 is 0 Å². The van der Waals surface area contributed by atoms with Crippen molar-refractivity contribution in [2.75, 3.05) is 26.2 Å². The summed E-state index contributed by atoms with van der Waals surface area (Å²) in [7, 11) is 0. The molecule has 1 atom stereocenters. The van der Waals surface area contributed by atoms with Crippen molar-refractivity contribution in [2.24, 2.45) is 0 Å². The molecule has 0 radical (unpaired) electrons. The molecule has 0 aliphatic carbocycles. The van der Waals surface area contributed by atoms with E-state index in [2.05, 4.69) is 17.6 Å². The summed E-state index contributed by atoms with van der Waals surface area (Å²) in [5, 5.41) is 6.08. The highest BCUT2D eigenvalue weighted by Crippen LogP contribution is 2.11. The average molecular weight is 237 g/mol. The first kappa shape index (κ1) is 14.7. The van der Waals surface area contributed by atoms with Crippen LogP contribution in [0.1, 0.15) is 26.2 Å². The van der Waals surface area contributed by atoms with Crippen LogP contribution in [-0.4, -0.2) is 38.3 Å². The number of nitrogens with one attached hydrogen (secondary N) is 2. The molecule has 1 saturated heterocycles. The van der Waals surface area contributed by atoms with Crippen LogP contribution < -0.4 is 10.6 Å². The molecule has 5 heteroatoms. The number of carbonyl (C=O) groups is 1. The summed E-state index contributed by atoms with van der Waals surface area (Å²) in [6.45, 7) is 5.39. The zero-order valence-electron chi connectivity index (χ0n) is 9.25. The van der Waals surface area contributed by atoms with E-state index in [0.29, 0.717) is 6.54 Å². The fraction of sp³-hybridized carbons (Fsp3) is 0.900. The molecule has 15 heavy (non-hydrogen) atoms. The number of amides is 1. The van der Waals surface area contributed by atoms with Gasteiger partial charge in [0.15, 0.2) is 0 Å². The molecule has 2 N–H and O–H groups in total. The molecule has 1 fully saturated rings. The second-order valence-corrected chi connectivity index (χ2v) is 3.54. The van der Waals surface area contributed by atoms with Crippen molar-refractivity contribution < 1.29 is 9.53 Å². The van der Waals surface area contributed by atoms with Gasteiger partial charge in [-0.2, -0.15) is 0 Å². The van der Waals surface area contributed by atoms with E-state index < -0.39 is 0 Å². The van der Waals surface area contributed by atoms with Crippen molar-refractivity contribution in [3.8, 4) is 0 Å². The number of hydrogen-bond acceptors (Lipinski definition) is 3. The van der Waals surface area contributed by atoms with Crippen LogP contribution in [0.5, 0.6) is 0 Å². The average Bonchev–Trinajstić information content (AvgIpc) is 2.70. The van der Waals surface area contributed by atoms with Crippen LogP contribution in [0, 0.1) is 0 Å². The molecular formula is C10H21ClN2O2. The van der Waals surface area contributed by atoms with Crippen molar-refractivity contribution >= 4 is 18.3 Å². The van der Waals surface area contributed by atoms with Crippen LogP contribution in [0.2, 0.25) is 0 Å². The fourth-order valence-electron chi connectivity index (χ4n) is 1.47. The van der Waals surface area contributed by atoms with Crippen molar-refractivity contribution in [1.82, 2.24) is 10.6 Å². The molecule has 1 aliphatic rings. The molecule has 90 valence electrons. The van der Waals surface area contributed by atoms with E-state index in [1.165, 1.54) is 0 Å². The third-order valence-electron chi connectivity index (χ3n) is 2.25. The van der Waals surface area contributed by atoms with Crippen LogP contribution in [-0.2, 0) is 9.53 Å². The largest absolute Gasteiger partial charge is 0.368 e. The number of halogens is 1. The molecule has 0 unspecified atom stereocenters. The quantitative estimate of drug-likeness (QED) is 0.668. The summed E-state index contributed by atoms with van der Waals surface area (Å²) >= 11 is 0. The molecule has 1 amide bonds. The molecule has 0 saturated carbocycles. The van der Waals surface area contributed by atoms with Crippen molar-refractivity contribution in [2.45, 2.75) is 32.3 Å². The van der Waals surface area contributed by atoms with Crippen LogP contribution in [0.4, 0.5) is 0 Å². The highest BCUT2D eigenvalue weighted by atomic mass is 35.5. The SMILES string of the molecule is CCCNCCNC(=O)[C@@H]1CCCO1.Cl. The summed E-state index contributed by atoms with van der Waals surface area (Å²) in [6.07, 6.45) is 2.81. The van der Waals surface area contributed by atoms with Gasteiger partial charge in [0.2, 0.25) is 5.91 Å². The number of hydrogen-bond donors (Lipinski definition) is 2. The Morgan fingerprint density at radius 2 is 2.20 bits per heavy atom. The van der Waals surface area contributed by atoms with Gasteiger partial charge in [0.25, 0.3) is 0 Å².